The van der Waals surface area contributed by atoms with Crippen LogP contribution in [0.25, 0.3) is 5.69 Å². The molecule has 2 aromatic rings. The van der Waals surface area contributed by atoms with E-state index in [0.717, 1.165) is 23.6 Å². The van der Waals surface area contributed by atoms with Crippen molar-refractivity contribution in [2.24, 2.45) is 5.73 Å². The Morgan fingerprint density at radius 3 is 2.56 bits per heavy atom. The van der Waals surface area contributed by atoms with Crippen molar-refractivity contribution in [3.8, 4) is 17.2 Å². The first kappa shape index (κ1) is 12.5. The number of rotatable bonds is 5. The second-order valence-corrected chi connectivity index (χ2v) is 3.95. The van der Waals surface area contributed by atoms with Crippen LogP contribution in [0.4, 0.5) is 0 Å². The van der Waals surface area contributed by atoms with Crippen molar-refractivity contribution < 1.29 is 9.47 Å². The molecule has 1 aromatic carbocycles. The predicted octanol–water partition coefficient (Wildman–Crippen LogP) is 2.00. The van der Waals surface area contributed by atoms with Gasteiger partial charge in [-0.3, -0.25) is 0 Å². The van der Waals surface area contributed by atoms with Crippen molar-refractivity contribution in [3.63, 3.8) is 0 Å². The molecule has 0 amide bonds. The van der Waals surface area contributed by atoms with Crippen LogP contribution < -0.4 is 15.2 Å². The van der Waals surface area contributed by atoms with E-state index in [1.807, 2.05) is 30.5 Å². The van der Waals surface area contributed by atoms with E-state index in [4.69, 9.17) is 15.2 Å². The summed E-state index contributed by atoms with van der Waals surface area (Å²) in [5.41, 5.74) is 7.84. The highest BCUT2D eigenvalue weighted by Crippen LogP contribution is 2.29. The maximum atomic E-state index is 5.61. The smallest absolute Gasteiger partial charge is 0.162 e. The van der Waals surface area contributed by atoms with Gasteiger partial charge in [0.2, 0.25) is 0 Å². The molecular formula is C14H18N2O2. The normalized spacial score (nSPS) is 10.4. The van der Waals surface area contributed by atoms with Crippen LogP contribution in [0.3, 0.4) is 0 Å². The van der Waals surface area contributed by atoms with E-state index in [-0.39, 0.29) is 0 Å². The molecule has 0 aliphatic carbocycles. The summed E-state index contributed by atoms with van der Waals surface area (Å²) in [6.45, 7) is 0.636. The average molecular weight is 246 g/mol. The number of ether oxygens (including phenoxy) is 2. The van der Waals surface area contributed by atoms with E-state index in [0.29, 0.717) is 6.54 Å². The summed E-state index contributed by atoms with van der Waals surface area (Å²) < 4.78 is 12.6. The van der Waals surface area contributed by atoms with Gasteiger partial charge < -0.3 is 19.8 Å². The minimum atomic E-state index is 0.636. The maximum absolute atomic E-state index is 5.61. The Bertz CT molecular complexity index is 520. The van der Waals surface area contributed by atoms with Crippen molar-refractivity contribution in [2.75, 3.05) is 20.8 Å². The van der Waals surface area contributed by atoms with Crippen LogP contribution in [-0.4, -0.2) is 25.3 Å². The number of methoxy groups -OCH3 is 2. The average Bonchev–Trinajstić information content (AvgIpc) is 2.86. The second kappa shape index (κ2) is 5.60. The van der Waals surface area contributed by atoms with Gasteiger partial charge in [0.25, 0.3) is 0 Å². The number of aromatic nitrogens is 1. The SMILES string of the molecule is COc1ccc(-n2cccc2CCN)cc1OC. The molecule has 4 heteroatoms. The Morgan fingerprint density at radius 2 is 1.89 bits per heavy atom. The van der Waals surface area contributed by atoms with Crippen LogP contribution in [0.5, 0.6) is 11.5 Å². The molecule has 0 fully saturated rings. The van der Waals surface area contributed by atoms with Gasteiger partial charge in [0, 0.05) is 30.1 Å². The summed E-state index contributed by atoms with van der Waals surface area (Å²) in [7, 11) is 3.27. The Labute approximate surface area is 107 Å². The lowest BCUT2D eigenvalue weighted by Crippen LogP contribution is -2.07. The van der Waals surface area contributed by atoms with Crippen LogP contribution >= 0.6 is 0 Å². The quantitative estimate of drug-likeness (QED) is 0.877. The van der Waals surface area contributed by atoms with Crippen molar-refractivity contribution in [1.29, 1.82) is 0 Å². The summed E-state index contributed by atoms with van der Waals surface area (Å²) in [6, 6.07) is 9.95. The Morgan fingerprint density at radius 1 is 1.11 bits per heavy atom. The Kier molecular flexibility index (Phi) is 3.89. The highest BCUT2D eigenvalue weighted by atomic mass is 16.5. The van der Waals surface area contributed by atoms with Gasteiger partial charge in [0.1, 0.15) is 0 Å². The van der Waals surface area contributed by atoms with Crippen molar-refractivity contribution in [2.45, 2.75) is 6.42 Å². The van der Waals surface area contributed by atoms with Gasteiger partial charge in [-0.05, 0) is 30.8 Å². The molecule has 1 heterocycles. The number of hydrogen-bond donors (Lipinski definition) is 1. The molecule has 0 radical (unpaired) electrons. The largest absolute Gasteiger partial charge is 0.493 e. The predicted molar refractivity (Wildman–Crippen MR) is 71.6 cm³/mol. The first-order valence-electron chi connectivity index (χ1n) is 5.89. The molecule has 2 N–H and O–H groups in total. The topological polar surface area (TPSA) is 49.4 Å². The van der Waals surface area contributed by atoms with Crippen molar-refractivity contribution in [3.05, 3.63) is 42.2 Å². The van der Waals surface area contributed by atoms with Gasteiger partial charge in [-0.1, -0.05) is 0 Å². The van der Waals surface area contributed by atoms with Gasteiger partial charge in [-0.25, -0.2) is 0 Å². The summed E-state index contributed by atoms with van der Waals surface area (Å²) in [5, 5.41) is 0. The molecule has 4 nitrogen and oxygen atoms in total. The number of nitrogens with zero attached hydrogens (tertiary/aromatic N) is 1. The fourth-order valence-corrected chi connectivity index (χ4v) is 1.99. The van der Waals surface area contributed by atoms with Crippen molar-refractivity contribution >= 4 is 0 Å². The molecule has 0 aliphatic heterocycles. The van der Waals surface area contributed by atoms with E-state index in [2.05, 4.69) is 10.6 Å². The molecule has 0 spiro atoms. The third kappa shape index (κ3) is 2.33. The first-order chi connectivity index (χ1) is 8.80. The van der Waals surface area contributed by atoms with Gasteiger partial charge in [0.05, 0.1) is 14.2 Å². The van der Waals surface area contributed by atoms with E-state index >= 15 is 0 Å². The summed E-state index contributed by atoms with van der Waals surface area (Å²) in [4.78, 5) is 0. The molecule has 96 valence electrons. The van der Waals surface area contributed by atoms with Gasteiger partial charge >= 0.3 is 0 Å². The fraction of sp³-hybridized carbons (Fsp3) is 0.286. The number of hydrogen-bond acceptors (Lipinski definition) is 3. The molecule has 1 aromatic heterocycles. The molecule has 0 saturated carbocycles. The maximum Gasteiger partial charge on any atom is 0.162 e. The highest BCUT2D eigenvalue weighted by molar-refractivity contribution is 5.49. The fourth-order valence-electron chi connectivity index (χ4n) is 1.99. The number of benzene rings is 1. The zero-order valence-electron chi connectivity index (χ0n) is 10.7. The third-order valence-corrected chi connectivity index (χ3v) is 2.88. The van der Waals surface area contributed by atoms with Gasteiger partial charge in [0.15, 0.2) is 11.5 Å². The summed E-state index contributed by atoms with van der Waals surface area (Å²) in [5.74, 6) is 1.45. The van der Waals surface area contributed by atoms with Gasteiger partial charge in [-0.15, -0.1) is 0 Å². The van der Waals surface area contributed by atoms with Crippen LogP contribution in [0.1, 0.15) is 5.69 Å². The lowest BCUT2D eigenvalue weighted by molar-refractivity contribution is 0.355. The second-order valence-electron chi connectivity index (χ2n) is 3.95. The zero-order valence-corrected chi connectivity index (χ0v) is 10.7. The summed E-state index contributed by atoms with van der Waals surface area (Å²) >= 11 is 0. The molecule has 0 unspecified atom stereocenters. The zero-order chi connectivity index (χ0) is 13.0. The standard InChI is InChI=1S/C14H18N2O2/c1-17-13-6-5-12(10-14(13)18-2)16-9-3-4-11(16)7-8-15/h3-6,9-10H,7-8,15H2,1-2H3. The molecular weight excluding hydrogens is 228 g/mol. The lowest BCUT2D eigenvalue weighted by atomic mass is 10.2. The van der Waals surface area contributed by atoms with E-state index in [1.165, 1.54) is 5.69 Å². The molecule has 0 aliphatic rings. The molecule has 2 rings (SSSR count). The third-order valence-electron chi connectivity index (χ3n) is 2.88. The molecule has 0 atom stereocenters. The first-order valence-corrected chi connectivity index (χ1v) is 5.89. The van der Waals surface area contributed by atoms with Crippen LogP contribution in [0.15, 0.2) is 36.5 Å². The number of nitrogens with two attached hydrogens (primary N) is 1. The highest BCUT2D eigenvalue weighted by Gasteiger charge is 2.07. The van der Waals surface area contributed by atoms with Crippen LogP contribution in [-0.2, 0) is 6.42 Å². The minimum Gasteiger partial charge on any atom is -0.493 e. The summed E-state index contributed by atoms with van der Waals surface area (Å²) in [6.07, 6.45) is 2.87. The Balaban J connectivity index is 2.41. The lowest BCUT2D eigenvalue weighted by Gasteiger charge is -2.12. The van der Waals surface area contributed by atoms with Crippen molar-refractivity contribution in [1.82, 2.24) is 4.57 Å². The minimum absolute atomic E-state index is 0.636. The van der Waals surface area contributed by atoms with E-state index in [9.17, 15) is 0 Å². The molecule has 0 saturated heterocycles. The monoisotopic (exact) mass is 246 g/mol. The van der Waals surface area contributed by atoms with E-state index < -0.39 is 0 Å². The van der Waals surface area contributed by atoms with E-state index in [1.54, 1.807) is 14.2 Å². The van der Waals surface area contributed by atoms with Gasteiger partial charge in [-0.2, -0.15) is 0 Å². The molecule has 18 heavy (non-hydrogen) atoms. The molecule has 0 bridgehead atoms. The van der Waals surface area contributed by atoms with Crippen LogP contribution in [0.2, 0.25) is 0 Å². The van der Waals surface area contributed by atoms with Crippen LogP contribution in [0, 0.1) is 0 Å². The Hall–Kier alpha value is -1.94.